The fourth-order valence-electron chi connectivity index (χ4n) is 3.68. The lowest BCUT2D eigenvalue weighted by molar-refractivity contribution is -0.126. The van der Waals surface area contributed by atoms with E-state index in [0.29, 0.717) is 5.69 Å². The Morgan fingerprint density at radius 3 is 2.07 bits per heavy atom. The molecule has 1 aromatic rings. The fraction of sp³-hybridized carbons (Fsp3) is 0.600. The van der Waals surface area contributed by atoms with Crippen molar-refractivity contribution in [3.63, 3.8) is 0 Å². The quantitative estimate of drug-likeness (QED) is 0.755. The first-order valence-corrected chi connectivity index (χ1v) is 11.2. The van der Waals surface area contributed by atoms with Gasteiger partial charge >= 0.3 is 0 Å². The summed E-state index contributed by atoms with van der Waals surface area (Å²) < 4.78 is 27.7. The number of anilines is 1. The van der Waals surface area contributed by atoms with E-state index in [0.717, 1.165) is 19.3 Å². The maximum atomic E-state index is 13.1. The molecule has 0 aromatic heterocycles. The molecule has 0 aliphatic carbocycles. The van der Waals surface area contributed by atoms with E-state index in [1.54, 1.807) is 16.4 Å². The Morgan fingerprint density at radius 2 is 1.61 bits per heavy atom. The molecule has 0 saturated carbocycles. The van der Waals surface area contributed by atoms with Gasteiger partial charge in [0.1, 0.15) is 6.04 Å². The molecule has 1 saturated heterocycles. The number of hydrogen-bond acceptors (Lipinski definition) is 4. The van der Waals surface area contributed by atoms with Crippen LogP contribution in [0.4, 0.5) is 5.69 Å². The summed E-state index contributed by atoms with van der Waals surface area (Å²) in [7, 11) is -3.59. The molecule has 1 aromatic carbocycles. The first kappa shape index (κ1) is 22.4. The van der Waals surface area contributed by atoms with Crippen LogP contribution in [0.5, 0.6) is 0 Å². The van der Waals surface area contributed by atoms with E-state index in [1.165, 1.54) is 19.1 Å². The third-order valence-corrected chi connectivity index (χ3v) is 7.26. The molecule has 156 valence electrons. The Labute approximate surface area is 167 Å². The van der Waals surface area contributed by atoms with Crippen molar-refractivity contribution in [2.45, 2.75) is 76.9 Å². The lowest BCUT2D eigenvalue weighted by Gasteiger charge is -2.37. The van der Waals surface area contributed by atoms with Crippen molar-refractivity contribution in [1.82, 2.24) is 9.62 Å². The molecular formula is C20H31N3O4S. The number of nitrogens with one attached hydrogen (secondary N) is 2. The number of carbonyl (C=O) groups is 2. The van der Waals surface area contributed by atoms with Crippen LogP contribution in [0.25, 0.3) is 0 Å². The van der Waals surface area contributed by atoms with E-state index in [-0.39, 0.29) is 34.7 Å². The predicted molar refractivity (Wildman–Crippen MR) is 109 cm³/mol. The van der Waals surface area contributed by atoms with Gasteiger partial charge in [-0.05, 0) is 56.9 Å². The van der Waals surface area contributed by atoms with Gasteiger partial charge in [-0.15, -0.1) is 0 Å². The van der Waals surface area contributed by atoms with Crippen LogP contribution in [-0.4, -0.2) is 42.7 Å². The van der Waals surface area contributed by atoms with Crippen LogP contribution < -0.4 is 10.6 Å². The predicted octanol–water partition coefficient (Wildman–Crippen LogP) is 2.74. The van der Waals surface area contributed by atoms with Gasteiger partial charge in [0.15, 0.2) is 0 Å². The Kier molecular flexibility index (Phi) is 7.22. The molecule has 1 aliphatic rings. The maximum absolute atomic E-state index is 13.1. The molecule has 1 aliphatic heterocycles. The summed E-state index contributed by atoms with van der Waals surface area (Å²) >= 11 is 0. The maximum Gasteiger partial charge on any atom is 0.247 e. The number of hydrogen-bond donors (Lipinski definition) is 2. The molecule has 2 N–H and O–H groups in total. The molecule has 1 heterocycles. The summed E-state index contributed by atoms with van der Waals surface area (Å²) in [5, 5.41) is 5.38. The zero-order valence-electron chi connectivity index (χ0n) is 17.2. The van der Waals surface area contributed by atoms with E-state index in [1.807, 2.05) is 27.7 Å². The van der Waals surface area contributed by atoms with Crippen LogP contribution in [-0.2, 0) is 19.6 Å². The zero-order valence-corrected chi connectivity index (χ0v) is 18.0. The largest absolute Gasteiger partial charge is 0.344 e. The highest BCUT2D eigenvalue weighted by Gasteiger charge is 2.35. The molecule has 7 nitrogen and oxygen atoms in total. The highest BCUT2D eigenvalue weighted by atomic mass is 32.2. The Balaban J connectivity index is 2.16. The van der Waals surface area contributed by atoms with E-state index in [9.17, 15) is 18.0 Å². The Hall–Kier alpha value is -1.93. The van der Waals surface area contributed by atoms with Crippen molar-refractivity contribution in [3.8, 4) is 0 Å². The van der Waals surface area contributed by atoms with Crippen LogP contribution in [0.1, 0.15) is 53.9 Å². The van der Waals surface area contributed by atoms with Gasteiger partial charge in [0.05, 0.1) is 4.90 Å². The minimum atomic E-state index is -3.59. The summed E-state index contributed by atoms with van der Waals surface area (Å²) in [5.74, 6) is -0.690. The summed E-state index contributed by atoms with van der Waals surface area (Å²) in [6.07, 6.45) is 2.75. The first-order chi connectivity index (χ1) is 13.0. The van der Waals surface area contributed by atoms with Gasteiger partial charge in [-0.2, -0.15) is 4.31 Å². The summed E-state index contributed by atoms with van der Waals surface area (Å²) in [6.45, 7) is 8.93. The molecule has 8 heteroatoms. The van der Waals surface area contributed by atoms with Crippen LogP contribution >= 0.6 is 0 Å². The minimum Gasteiger partial charge on any atom is -0.344 e. The van der Waals surface area contributed by atoms with Gasteiger partial charge in [-0.1, -0.05) is 20.3 Å². The standard InChI is InChI=1S/C20H31N3O4S/c1-13(2)19(21-16(5)24)20(25)22-17-9-11-18(12-10-17)28(26,27)23-14(3)7-6-8-15(23)4/h9-15,19H,6-8H2,1-5H3,(H,21,24)(H,22,25)/t14-,15-,19-/m0/s1. The van der Waals surface area contributed by atoms with Crippen LogP contribution in [0.3, 0.4) is 0 Å². The number of amides is 2. The average Bonchev–Trinajstić information content (AvgIpc) is 2.59. The van der Waals surface area contributed by atoms with E-state index in [4.69, 9.17) is 0 Å². The highest BCUT2D eigenvalue weighted by Crippen LogP contribution is 2.30. The van der Waals surface area contributed by atoms with Gasteiger partial charge in [0, 0.05) is 24.7 Å². The van der Waals surface area contributed by atoms with Crippen LogP contribution in [0.2, 0.25) is 0 Å². The lowest BCUT2D eigenvalue weighted by Crippen LogP contribution is -2.47. The number of nitrogens with zero attached hydrogens (tertiary/aromatic N) is 1. The third kappa shape index (κ3) is 5.11. The SMILES string of the molecule is CC(=O)N[C@H](C(=O)Nc1ccc(S(=O)(=O)N2[C@@H](C)CCC[C@@H]2C)cc1)C(C)C. The number of rotatable bonds is 6. The van der Waals surface area contributed by atoms with Crippen LogP contribution in [0.15, 0.2) is 29.2 Å². The Morgan fingerprint density at radius 1 is 1.07 bits per heavy atom. The second kappa shape index (κ2) is 9.05. The lowest BCUT2D eigenvalue weighted by atomic mass is 10.0. The average molecular weight is 410 g/mol. The monoisotopic (exact) mass is 409 g/mol. The molecule has 2 rings (SSSR count). The number of sulfonamides is 1. The second-order valence-electron chi connectivity index (χ2n) is 7.90. The molecule has 2 amide bonds. The van der Waals surface area contributed by atoms with Crippen molar-refractivity contribution in [2.75, 3.05) is 5.32 Å². The van der Waals surface area contributed by atoms with Gasteiger partial charge < -0.3 is 10.6 Å². The summed E-state index contributed by atoms with van der Waals surface area (Å²) in [4.78, 5) is 24.0. The van der Waals surface area contributed by atoms with Crippen molar-refractivity contribution < 1.29 is 18.0 Å². The topological polar surface area (TPSA) is 95.6 Å². The van der Waals surface area contributed by atoms with E-state index < -0.39 is 16.1 Å². The van der Waals surface area contributed by atoms with Crippen molar-refractivity contribution in [2.24, 2.45) is 5.92 Å². The number of benzene rings is 1. The third-order valence-electron chi connectivity index (χ3n) is 5.12. The highest BCUT2D eigenvalue weighted by molar-refractivity contribution is 7.89. The normalized spacial score (nSPS) is 21.9. The van der Waals surface area contributed by atoms with Gasteiger partial charge in [0.2, 0.25) is 21.8 Å². The molecule has 28 heavy (non-hydrogen) atoms. The zero-order chi connectivity index (χ0) is 21.1. The number of piperidine rings is 1. The van der Waals surface area contributed by atoms with E-state index in [2.05, 4.69) is 10.6 Å². The second-order valence-corrected chi connectivity index (χ2v) is 9.74. The van der Waals surface area contributed by atoms with Gasteiger partial charge in [0.25, 0.3) is 0 Å². The molecule has 0 radical (unpaired) electrons. The fourth-order valence-corrected chi connectivity index (χ4v) is 5.56. The smallest absolute Gasteiger partial charge is 0.247 e. The van der Waals surface area contributed by atoms with Gasteiger partial charge in [-0.25, -0.2) is 8.42 Å². The van der Waals surface area contributed by atoms with E-state index >= 15 is 0 Å². The summed E-state index contributed by atoms with van der Waals surface area (Å²) in [5.41, 5.74) is 0.486. The Bertz CT molecular complexity index is 795. The van der Waals surface area contributed by atoms with Crippen molar-refractivity contribution in [1.29, 1.82) is 0 Å². The minimum absolute atomic E-state index is 0.0300. The molecule has 0 spiro atoms. The van der Waals surface area contributed by atoms with Crippen molar-refractivity contribution >= 4 is 27.5 Å². The van der Waals surface area contributed by atoms with Crippen molar-refractivity contribution in [3.05, 3.63) is 24.3 Å². The first-order valence-electron chi connectivity index (χ1n) is 9.75. The summed E-state index contributed by atoms with van der Waals surface area (Å²) in [6, 6.07) is 5.47. The molecule has 0 bridgehead atoms. The molecule has 0 unspecified atom stereocenters. The molecule has 1 fully saturated rings. The number of carbonyl (C=O) groups excluding carboxylic acids is 2. The van der Waals surface area contributed by atoms with Gasteiger partial charge in [-0.3, -0.25) is 9.59 Å². The molecular weight excluding hydrogens is 378 g/mol. The molecule has 3 atom stereocenters. The van der Waals surface area contributed by atoms with Crippen LogP contribution in [0, 0.1) is 5.92 Å².